The van der Waals surface area contributed by atoms with E-state index >= 15 is 0 Å². The molecule has 2 atom stereocenters. The molecule has 2 rings (SSSR count). The fourth-order valence-electron chi connectivity index (χ4n) is 2.30. The highest BCUT2D eigenvalue weighted by atomic mass is 16.6. The van der Waals surface area contributed by atoms with Gasteiger partial charge in [0.2, 0.25) is 0 Å². The molecule has 0 aliphatic carbocycles. The van der Waals surface area contributed by atoms with Crippen molar-refractivity contribution < 1.29 is 28.5 Å². The minimum absolute atomic E-state index is 0.0463. The van der Waals surface area contributed by atoms with Crippen LogP contribution in [0, 0.1) is 0 Å². The van der Waals surface area contributed by atoms with Gasteiger partial charge >= 0.3 is 11.9 Å². The third-order valence-corrected chi connectivity index (χ3v) is 3.26. The molecule has 0 spiro atoms. The van der Waals surface area contributed by atoms with Gasteiger partial charge in [-0.2, -0.15) is 0 Å². The molecule has 1 aliphatic rings. The Morgan fingerprint density at radius 3 is 2.36 bits per heavy atom. The normalized spacial score (nSPS) is 20.7. The third-order valence-electron chi connectivity index (χ3n) is 3.26. The topological polar surface area (TPSA) is 71.1 Å². The molecule has 6 nitrogen and oxygen atoms in total. The minimum Gasteiger partial charge on any atom is -0.494 e. The number of hydrogen-bond donors (Lipinski definition) is 0. The number of carbonyl (C=O) groups is 2. The van der Waals surface area contributed by atoms with E-state index in [0.717, 1.165) is 5.56 Å². The van der Waals surface area contributed by atoms with Gasteiger partial charge in [0.15, 0.2) is 6.10 Å². The van der Waals surface area contributed by atoms with E-state index in [9.17, 15) is 9.59 Å². The lowest BCUT2D eigenvalue weighted by Crippen LogP contribution is -2.28. The third kappa shape index (κ3) is 2.96. The molecular weight excluding hydrogens is 288 g/mol. The van der Waals surface area contributed by atoms with Crippen LogP contribution in [0.5, 0.6) is 0 Å². The average Bonchev–Trinajstić information content (AvgIpc) is 2.94. The molecule has 1 aliphatic heterocycles. The molecule has 0 saturated carbocycles. The van der Waals surface area contributed by atoms with Crippen LogP contribution >= 0.6 is 0 Å². The molecule has 1 aromatic carbocycles. The molecule has 0 aromatic heterocycles. The maximum Gasteiger partial charge on any atom is 0.340 e. The van der Waals surface area contributed by atoms with E-state index < -0.39 is 24.1 Å². The first-order valence-electron chi connectivity index (χ1n) is 6.87. The van der Waals surface area contributed by atoms with E-state index in [4.69, 9.17) is 18.9 Å². The molecule has 1 aromatic rings. The summed E-state index contributed by atoms with van der Waals surface area (Å²) in [6.07, 6.45) is -1.82. The largest absolute Gasteiger partial charge is 0.494 e. The van der Waals surface area contributed by atoms with Crippen molar-refractivity contribution in [2.45, 2.75) is 19.1 Å². The second-order valence-electron chi connectivity index (χ2n) is 4.53. The van der Waals surface area contributed by atoms with Gasteiger partial charge in [-0.25, -0.2) is 9.59 Å². The SMILES string of the molecule is CCOC1=C(C(=O)OC)[C@H](C(=O)OC)O[C@H]1c1ccccc1. The van der Waals surface area contributed by atoms with Gasteiger partial charge < -0.3 is 18.9 Å². The first-order chi connectivity index (χ1) is 10.6. The molecule has 1 heterocycles. The number of carbonyl (C=O) groups excluding carboxylic acids is 2. The lowest BCUT2D eigenvalue weighted by atomic mass is 10.0. The molecule has 0 unspecified atom stereocenters. The Balaban J connectivity index is 2.50. The van der Waals surface area contributed by atoms with Crippen molar-refractivity contribution in [2.24, 2.45) is 0 Å². The van der Waals surface area contributed by atoms with Gasteiger partial charge in [-0.1, -0.05) is 30.3 Å². The Kier molecular flexibility index (Phi) is 5.16. The number of hydrogen-bond acceptors (Lipinski definition) is 6. The van der Waals surface area contributed by atoms with Crippen LogP contribution in [0.4, 0.5) is 0 Å². The molecule has 0 saturated heterocycles. The fraction of sp³-hybridized carbons (Fsp3) is 0.375. The maximum atomic E-state index is 12.1. The monoisotopic (exact) mass is 306 g/mol. The van der Waals surface area contributed by atoms with Crippen LogP contribution in [0.2, 0.25) is 0 Å². The summed E-state index contributed by atoms with van der Waals surface area (Å²) in [6, 6.07) is 9.20. The van der Waals surface area contributed by atoms with Crippen LogP contribution in [-0.2, 0) is 28.5 Å². The van der Waals surface area contributed by atoms with Crippen LogP contribution in [0.15, 0.2) is 41.7 Å². The summed E-state index contributed by atoms with van der Waals surface area (Å²) in [5, 5.41) is 0. The summed E-state index contributed by atoms with van der Waals surface area (Å²) in [4.78, 5) is 24.0. The predicted octanol–water partition coefficient (Wildman–Crippen LogP) is 1.76. The lowest BCUT2D eigenvalue weighted by Gasteiger charge is -2.16. The highest BCUT2D eigenvalue weighted by molar-refractivity contribution is 5.98. The molecule has 0 radical (unpaired) electrons. The first kappa shape index (κ1) is 16.0. The quantitative estimate of drug-likeness (QED) is 0.772. The second kappa shape index (κ2) is 7.09. The molecule has 0 fully saturated rings. The van der Waals surface area contributed by atoms with E-state index in [0.29, 0.717) is 6.61 Å². The second-order valence-corrected chi connectivity index (χ2v) is 4.53. The van der Waals surface area contributed by atoms with Crippen molar-refractivity contribution in [3.05, 3.63) is 47.2 Å². The summed E-state index contributed by atoms with van der Waals surface area (Å²) in [7, 11) is 2.47. The highest BCUT2D eigenvalue weighted by Gasteiger charge is 2.45. The van der Waals surface area contributed by atoms with Crippen LogP contribution < -0.4 is 0 Å². The van der Waals surface area contributed by atoms with Crippen LogP contribution in [0.1, 0.15) is 18.6 Å². The molecule has 6 heteroatoms. The van der Waals surface area contributed by atoms with Gasteiger partial charge in [-0.3, -0.25) is 0 Å². The number of benzene rings is 1. The lowest BCUT2D eigenvalue weighted by molar-refractivity contribution is -0.155. The highest BCUT2D eigenvalue weighted by Crippen LogP contribution is 2.39. The van der Waals surface area contributed by atoms with E-state index in [-0.39, 0.29) is 11.3 Å². The number of rotatable bonds is 5. The number of esters is 2. The van der Waals surface area contributed by atoms with Gasteiger partial charge in [0.25, 0.3) is 0 Å². The van der Waals surface area contributed by atoms with Crippen LogP contribution in [-0.4, -0.2) is 38.9 Å². The Morgan fingerprint density at radius 1 is 1.14 bits per heavy atom. The molecule has 0 N–H and O–H groups in total. The zero-order valence-electron chi connectivity index (χ0n) is 12.7. The van der Waals surface area contributed by atoms with Crippen molar-refractivity contribution in [3.63, 3.8) is 0 Å². The molecule has 0 amide bonds. The summed E-state index contributed by atoms with van der Waals surface area (Å²) < 4.78 is 20.8. The van der Waals surface area contributed by atoms with E-state index in [1.807, 2.05) is 30.3 Å². The Morgan fingerprint density at radius 2 is 1.82 bits per heavy atom. The average molecular weight is 306 g/mol. The molecule has 22 heavy (non-hydrogen) atoms. The van der Waals surface area contributed by atoms with E-state index in [1.54, 1.807) is 6.92 Å². The first-order valence-corrected chi connectivity index (χ1v) is 6.87. The Labute approximate surface area is 128 Å². The zero-order chi connectivity index (χ0) is 16.1. The minimum atomic E-state index is -1.16. The van der Waals surface area contributed by atoms with Crippen molar-refractivity contribution in [1.82, 2.24) is 0 Å². The summed E-state index contributed by atoms with van der Waals surface area (Å²) in [6.45, 7) is 2.12. The Hall–Kier alpha value is -2.34. The summed E-state index contributed by atoms with van der Waals surface area (Å²) in [5.74, 6) is -1.05. The van der Waals surface area contributed by atoms with Crippen molar-refractivity contribution in [2.75, 3.05) is 20.8 Å². The van der Waals surface area contributed by atoms with Crippen molar-refractivity contribution in [3.8, 4) is 0 Å². The van der Waals surface area contributed by atoms with Crippen LogP contribution in [0.3, 0.4) is 0 Å². The van der Waals surface area contributed by atoms with Gasteiger partial charge in [0.1, 0.15) is 17.4 Å². The molecule has 118 valence electrons. The van der Waals surface area contributed by atoms with Crippen molar-refractivity contribution in [1.29, 1.82) is 0 Å². The van der Waals surface area contributed by atoms with Gasteiger partial charge in [-0.15, -0.1) is 0 Å². The molecule has 0 bridgehead atoms. The Bertz CT molecular complexity index is 578. The summed E-state index contributed by atoms with van der Waals surface area (Å²) in [5.41, 5.74) is 0.823. The molecular formula is C16H18O6. The summed E-state index contributed by atoms with van der Waals surface area (Å²) >= 11 is 0. The number of ether oxygens (including phenoxy) is 4. The van der Waals surface area contributed by atoms with Crippen LogP contribution in [0.25, 0.3) is 0 Å². The van der Waals surface area contributed by atoms with Gasteiger partial charge in [0.05, 0.1) is 20.8 Å². The van der Waals surface area contributed by atoms with Crippen molar-refractivity contribution >= 4 is 11.9 Å². The number of methoxy groups -OCH3 is 2. The van der Waals surface area contributed by atoms with E-state index in [1.165, 1.54) is 14.2 Å². The smallest absolute Gasteiger partial charge is 0.340 e. The zero-order valence-corrected chi connectivity index (χ0v) is 12.7. The standard InChI is InChI=1S/C16H18O6/c1-4-21-13-11(15(17)19-2)14(16(18)20-3)22-12(13)10-8-6-5-7-9-10/h5-9,12,14H,4H2,1-3H3/t12-,14+/m0/s1. The predicted molar refractivity (Wildman–Crippen MR) is 76.7 cm³/mol. The van der Waals surface area contributed by atoms with Gasteiger partial charge in [-0.05, 0) is 12.5 Å². The van der Waals surface area contributed by atoms with E-state index in [2.05, 4.69) is 0 Å². The van der Waals surface area contributed by atoms with Gasteiger partial charge in [0, 0.05) is 0 Å². The maximum absolute atomic E-state index is 12.1. The fourth-order valence-corrected chi connectivity index (χ4v) is 2.30.